The second kappa shape index (κ2) is 9.05. The average Bonchev–Trinajstić information content (AvgIpc) is 3.06. The Kier molecular flexibility index (Phi) is 6.05. The van der Waals surface area contributed by atoms with Crippen molar-refractivity contribution in [3.05, 3.63) is 59.1 Å². The minimum atomic E-state index is -0.230. The van der Waals surface area contributed by atoms with E-state index >= 15 is 0 Å². The summed E-state index contributed by atoms with van der Waals surface area (Å²) < 4.78 is 5.21. The van der Waals surface area contributed by atoms with Crippen LogP contribution in [0.1, 0.15) is 41.9 Å². The molecule has 29 heavy (non-hydrogen) atoms. The standard InChI is InChI=1S/C21H22ClN5O2/c22-17-8-5-15(6-9-17)20-25-19(29-26-20)14-24-21(28)16-7-10-18(23-13-16)27-11-3-1-2-4-12-27/h5-10,13H,1-4,11-12,14H2,(H,24,28). The molecule has 1 N–H and O–H groups in total. The van der Waals surface area contributed by atoms with Crippen LogP contribution < -0.4 is 10.2 Å². The molecule has 1 aromatic carbocycles. The lowest BCUT2D eigenvalue weighted by atomic mass is 10.2. The van der Waals surface area contributed by atoms with Crippen LogP contribution in [-0.2, 0) is 6.54 Å². The van der Waals surface area contributed by atoms with Gasteiger partial charge in [0, 0.05) is 29.9 Å². The Morgan fingerprint density at radius 2 is 1.83 bits per heavy atom. The van der Waals surface area contributed by atoms with E-state index in [-0.39, 0.29) is 12.5 Å². The fourth-order valence-electron chi connectivity index (χ4n) is 3.31. The van der Waals surface area contributed by atoms with E-state index in [9.17, 15) is 4.79 Å². The fraction of sp³-hybridized carbons (Fsp3) is 0.333. The molecule has 3 heterocycles. The number of carbonyl (C=O) groups excluding carboxylic acids is 1. The summed E-state index contributed by atoms with van der Waals surface area (Å²) >= 11 is 5.89. The number of anilines is 1. The van der Waals surface area contributed by atoms with E-state index in [0.717, 1.165) is 24.5 Å². The third kappa shape index (κ3) is 4.92. The first-order valence-electron chi connectivity index (χ1n) is 9.77. The zero-order valence-corrected chi connectivity index (χ0v) is 16.7. The second-order valence-corrected chi connectivity index (χ2v) is 7.44. The molecule has 1 saturated heterocycles. The fourth-order valence-corrected chi connectivity index (χ4v) is 3.43. The molecule has 0 spiro atoms. The van der Waals surface area contributed by atoms with E-state index in [1.54, 1.807) is 24.4 Å². The van der Waals surface area contributed by atoms with Gasteiger partial charge in [-0.3, -0.25) is 4.79 Å². The summed E-state index contributed by atoms with van der Waals surface area (Å²) in [7, 11) is 0. The summed E-state index contributed by atoms with van der Waals surface area (Å²) in [4.78, 5) is 23.5. The number of carbonyl (C=O) groups is 1. The number of benzene rings is 1. The summed E-state index contributed by atoms with van der Waals surface area (Å²) in [6.45, 7) is 2.19. The van der Waals surface area contributed by atoms with Crippen molar-refractivity contribution in [2.45, 2.75) is 32.2 Å². The highest BCUT2D eigenvalue weighted by atomic mass is 35.5. The maximum Gasteiger partial charge on any atom is 0.253 e. The van der Waals surface area contributed by atoms with Gasteiger partial charge in [0.05, 0.1) is 12.1 Å². The van der Waals surface area contributed by atoms with Crippen LogP contribution in [0.2, 0.25) is 5.02 Å². The number of rotatable bonds is 5. The van der Waals surface area contributed by atoms with Crippen molar-refractivity contribution < 1.29 is 9.32 Å². The van der Waals surface area contributed by atoms with Crippen LogP contribution in [0.5, 0.6) is 0 Å². The number of hydrogen-bond acceptors (Lipinski definition) is 6. The van der Waals surface area contributed by atoms with E-state index < -0.39 is 0 Å². The molecule has 150 valence electrons. The van der Waals surface area contributed by atoms with Gasteiger partial charge in [0.2, 0.25) is 11.7 Å². The first kappa shape index (κ1) is 19.4. The number of aromatic nitrogens is 3. The van der Waals surface area contributed by atoms with Gasteiger partial charge in [-0.15, -0.1) is 0 Å². The molecule has 7 nitrogen and oxygen atoms in total. The number of pyridine rings is 1. The molecule has 0 unspecified atom stereocenters. The lowest BCUT2D eigenvalue weighted by Gasteiger charge is -2.21. The SMILES string of the molecule is O=C(NCc1nc(-c2ccc(Cl)cc2)no1)c1ccc(N2CCCCCC2)nc1. The van der Waals surface area contributed by atoms with Crippen LogP contribution in [0.3, 0.4) is 0 Å². The monoisotopic (exact) mass is 411 g/mol. The molecule has 0 radical (unpaired) electrons. The zero-order chi connectivity index (χ0) is 20.1. The lowest BCUT2D eigenvalue weighted by Crippen LogP contribution is -2.26. The number of amides is 1. The Hall–Kier alpha value is -2.93. The quantitative estimate of drug-likeness (QED) is 0.680. The van der Waals surface area contributed by atoms with Gasteiger partial charge in [0.25, 0.3) is 5.91 Å². The van der Waals surface area contributed by atoms with Crippen LogP contribution >= 0.6 is 11.6 Å². The van der Waals surface area contributed by atoms with Crippen LogP contribution in [0, 0.1) is 0 Å². The highest BCUT2D eigenvalue weighted by Gasteiger charge is 2.14. The number of halogens is 1. The van der Waals surface area contributed by atoms with Gasteiger partial charge in [0.1, 0.15) is 5.82 Å². The van der Waals surface area contributed by atoms with Crippen molar-refractivity contribution in [3.8, 4) is 11.4 Å². The highest BCUT2D eigenvalue weighted by molar-refractivity contribution is 6.30. The maximum absolute atomic E-state index is 12.4. The Morgan fingerprint density at radius 3 is 2.52 bits per heavy atom. The van der Waals surface area contributed by atoms with E-state index in [1.165, 1.54) is 25.7 Å². The molecular formula is C21H22ClN5O2. The van der Waals surface area contributed by atoms with Crippen LogP contribution in [-0.4, -0.2) is 34.1 Å². The van der Waals surface area contributed by atoms with Gasteiger partial charge in [-0.25, -0.2) is 4.98 Å². The van der Waals surface area contributed by atoms with Crippen molar-refractivity contribution in [2.24, 2.45) is 0 Å². The number of nitrogens with one attached hydrogen (secondary N) is 1. The minimum Gasteiger partial charge on any atom is -0.357 e. The molecule has 4 rings (SSSR count). The van der Waals surface area contributed by atoms with Gasteiger partial charge in [0.15, 0.2) is 0 Å². The molecule has 8 heteroatoms. The van der Waals surface area contributed by atoms with Crippen molar-refractivity contribution in [1.29, 1.82) is 0 Å². The molecule has 3 aromatic rings. The van der Waals surface area contributed by atoms with Crippen LogP contribution in [0.25, 0.3) is 11.4 Å². The summed E-state index contributed by atoms with van der Waals surface area (Å²) in [6, 6.07) is 10.9. The molecule has 0 aliphatic carbocycles. The largest absolute Gasteiger partial charge is 0.357 e. The Bertz CT molecular complexity index is 948. The third-order valence-electron chi connectivity index (χ3n) is 4.91. The Labute approximate surface area is 174 Å². The molecular weight excluding hydrogens is 390 g/mol. The Balaban J connectivity index is 1.34. The minimum absolute atomic E-state index is 0.146. The summed E-state index contributed by atoms with van der Waals surface area (Å²) in [6.07, 6.45) is 6.53. The molecule has 1 aliphatic rings. The molecule has 1 amide bonds. The third-order valence-corrected chi connectivity index (χ3v) is 5.16. The average molecular weight is 412 g/mol. The smallest absolute Gasteiger partial charge is 0.253 e. The van der Waals surface area contributed by atoms with Crippen molar-refractivity contribution in [3.63, 3.8) is 0 Å². The molecule has 2 aromatic heterocycles. The Morgan fingerprint density at radius 1 is 1.07 bits per heavy atom. The molecule has 0 bridgehead atoms. The first-order chi connectivity index (χ1) is 14.2. The topological polar surface area (TPSA) is 84.2 Å². The van der Waals surface area contributed by atoms with E-state index in [0.29, 0.717) is 22.3 Å². The van der Waals surface area contributed by atoms with Crippen molar-refractivity contribution in [1.82, 2.24) is 20.4 Å². The van der Waals surface area contributed by atoms with Crippen LogP contribution in [0.15, 0.2) is 47.1 Å². The van der Waals surface area contributed by atoms with Gasteiger partial charge < -0.3 is 14.7 Å². The van der Waals surface area contributed by atoms with E-state index in [1.807, 2.05) is 18.2 Å². The normalized spacial score (nSPS) is 14.4. The van der Waals surface area contributed by atoms with Crippen molar-refractivity contribution in [2.75, 3.05) is 18.0 Å². The lowest BCUT2D eigenvalue weighted by molar-refractivity contribution is 0.0946. The number of nitrogens with zero attached hydrogens (tertiary/aromatic N) is 4. The number of hydrogen-bond donors (Lipinski definition) is 1. The molecule has 1 aliphatic heterocycles. The van der Waals surface area contributed by atoms with Crippen LogP contribution in [0.4, 0.5) is 5.82 Å². The van der Waals surface area contributed by atoms with Gasteiger partial charge in [-0.05, 0) is 49.2 Å². The molecule has 0 atom stereocenters. The second-order valence-electron chi connectivity index (χ2n) is 7.01. The summed E-state index contributed by atoms with van der Waals surface area (Å²) in [5, 5.41) is 7.37. The predicted molar refractivity (Wildman–Crippen MR) is 111 cm³/mol. The highest BCUT2D eigenvalue weighted by Crippen LogP contribution is 2.19. The summed E-state index contributed by atoms with van der Waals surface area (Å²) in [5.74, 6) is 1.48. The van der Waals surface area contributed by atoms with Gasteiger partial charge in [-0.2, -0.15) is 4.98 Å². The maximum atomic E-state index is 12.4. The van der Waals surface area contributed by atoms with E-state index in [4.69, 9.17) is 16.1 Å². The van der Waals surface area contributed by atoms with Gasteiger partial charge in [-0.1, -0.05) is 29.6 Å². The zero-order valence-electron chi connectivity index (χ0n) is 16.0. The van der Waals surface area contributed by atoms with Crippen molar-refractivity contribution >= 4 is 23.3 Å². The van der Waals surface area contributed by atoms with Gasteiger partial charge >= 0.3 is 0 Å². The molecule has 1 fully saturated rings. The summed E-state index contributed by atoms with van der Waals surface area (Å²) in [5.41, 5.74) is 1.30. The first-order valence-corrected chi connectivity index (χ1v) is 10.1. The predicted octanol–water partition coefficient (Wildman–Crippen LogP) is 4.10. The van der Waals surface area contributed by atoms with E-state index in [2.05, 4.69) is 25.3 Å². The molecule has 0 saturated carbocycles.